The Hall–Kier alpha value is -3.72. The summed E-state index contributed by atoms with van der Waals surface area (Å²) in [7, 11) is 0. The Morgan fingerprint density at radius 2 is 1.68 bits per heavy atom. The Balaban J connectivity index is 1.69. The number of carbonyl (C=O) groups is 4. The van der Waals surface area contributed by atoms with E-state index in [4.69, 9.17) is 4.74 Å². The van der Waals surface area contributed by atoms with Crippen molar-refractivity contribution < 1.29 is 44.3 Å². The molecule has 0 spiro atoms. The maximum absolute atomic E-state index is 13.1. The van der Waals surface area contributed by atoms with Gasteiger partial charge in [0.15, 0.2) is 12.4 Å². The predicted octanol–water partition coefficient (Wildman–Crippen LogP) is 2.10. The van der Waals surface area contributed by atoms with Crippen LogP contribution < -0.4 is 0 Å². The largest absolute Gasteiger partial charge is 0.507 e. The molecule has 0 saturated heterocycles. The van der Waals surface area contributed by atoms with Crippen molar-refractivity contribution in [1.82, 2.24) is 0 Å². The first-order valence-electron chi connectivity index (χ1n) is 11.0. The molecule has 178 valence electrons. The zero-order chi connectivity index (χ0) is 24.8. The molecule has 1 atom stereocenters. The predicted molar refractivity (Wildman–Crippen MR) is 117 cm³/mol. The van der Waals surface area contributed by atoms with Crippen molar-refractivity contribution in [3.8, 4) is 17.2 Å². The van der Waals surface area contributed by atoms with Crippen LogP contribution in [0.1, 0.15) is 75.6 Å². The highest BCUT2D eigenvalue weighted by Crippen LogP contribution is 2.48. The van der Waals surface area contributed by atoms with Gasteiger partial charge in [0.2, 0.25) is 11.6 Å². The van der Waals surface area contributed by atoms with Crippen LogP contribution in [0.5, 0.6) is 17.2 Å². The van der Waals surface area contributed by atoms with Gasteiger partial charge in [0.1, 0.15) is 22.8 Å². The van der Waals surface area contributed by atoms with Crippen molar-refractivity contribution in [1.29, 1.82) is 0 Å². The van der Waals surface area contributed by atoms with Crippen molar-refractivity contribution >= 4 is 23.3 Å². The second kappa shape index (κ2) is 8.57. The quantitative estimate of drug-likeness (QED) is 0.314. The number of esters is 1. The molecule has 34 heavy (non-hydrogen) atoms. The summed E-state index contributed by atoms with van der Waals surface area (Å²) in [5.41, 5.74) is -3.14. The maximum Gasteiger partial charge on any atom is 0.306 e. The molecule has 2 aliphatic rings. The van der Waals surface area contributed by atoms with E-state index in [1.54, 1.807) is 0 Å². The summed E-state index contributed by atoms with van der Waals surface area (Å²) in [6.45, 7) is 1.26. The number of ether oxygens (including phenoxy) is 1. The number of aliphatic hydroxyl groups is 1. The molecule has 2 aliphatic carbocycles. The van der Waals surface area contributed by atoms with Crippen LogP contribution in [0.2, 0.25) is 0 Å². The minimum atomic E-state index is -1.99. The number of phenols is 3. The molecule has 2 aromatic rings. The van der Waals surface area contributed by atoms with Crippen LogP contribution in [0.3, 0.4) is 0 Å². The third-order valence-electron chi connectivity index (χ3n) is 6.50. The minimum Gasteiger partial charge on any atom is -0.507 e. The number of carbonyl (C=O) groups excluding carboxylic acids is 4. The molecule has 9 nitrogen and oxygen atoms in total. The molecule has 0 saturated carbocycles. The Morgan fingerprint density at radius 3 is 2.38 bits per heavy atom. The van der Waals surface area contributed by atoms with Gasteiger partial charge in [-0.15, -0.1) is 0 Å². The number of unbranched alkanes of at least 4 members (excludes halogenated alkanes) is 1. The fraction of sp³-hybridized carbons (Fsp3) is 0.360. The molecule has 9 heteroatoms. The van der Waals surface area contributed by atoms with Crippen LogP contribution >= 0.6 is 0 Å². The number of aromatic hydroxyl groups is 3. The molecule has 0 radical (unpaired) electrons. The van der Waals surface area contributed by atoms with E-state index in [0.717, 1.165) is 6.42 Å². The molecule has 2 aromatic carbocycles. The van der Waals surface area contributed by atoms with Crippen molar-refractivity contribution in [2.75, 3.05) is 6.61 Å². The highest BCUT2D eigenvalue weighted by Gasteiger charge is 2.45. The normalized spacial score (nSPS) is 18.6. The lowest BCUT2D eigenvalue weighted by Crippen LogP contribution is -2.46. The lowest BCUT2D eigenvalue weighted by Gasteiger charge is -2.34. The number of ketones is 3. The first-order valence-corrected chi connectivity index (χ1v) is 11.0. The van der Waals surface area contributed by atoms with Gasteiger partial charge in [-0.05, 0) is 25.3 Å². The lowest BCUT2D eigenvalue weighted by atomic mass is 9.73. The Morgan fingerprint density at radius 1 is 1.00 bits per heavy atom. The van der Waals surface area contributed by atoms with Crippen LogP contribution in [0, 0.1) is 0 Å². The molecule has 0 fully saturated rings. The van der Waals surface area contributed by atoms with Crippen LogP contribution in [0.15, 0.2) is 18.2 Å². The topological polar surface area (TPSA) is 158 Å². The third kappa shape index (κ3) is 3.62. The van der Waals surface area contributed by atoms with Gasteiger partial charge in [-0.1, -0.05) is 25.5 Å². The molecule has 4 N–H and O–H groups in total. The molecule has 0 amide bonds. The summed E-state index contributed by atoms with van der Waals surface area (Å²) < 4.78 is 4.96. The average Bonchev–Trinajstić information content (AvgIpc) is 2.81. The maximum atomic E-state index is 13.1. The van der Waals surface area contributed by atoms with Crippen molar-refractivity contribution in [2.24, 2.45) is 0 Å². The molecular formula is C25H24O9. The van der Waals surface area contributed by atoms with E-state index in [0.29, 0.717) is 6.42 Å². The van der Waals surface area contributed by atoms with Gasteiger partial charge in [0.25, 0.3) is 0 Å². The Kier molecular flexibility index (Phi) is 5.91. The van der Waals surface area contributed by atoms with Gasteiger partial charge in [-0.2, -0.15) is 0 Å². The fourth-order valence-corrected chi connectivity index (χ4v) is 4.58. The van der Waals surface area contributed by atoms with E-state index in [1.165, 1.54) is 18.2 Å². The average molecular weight is 468 g/mol. The highest BCUT2D eigenvalue weighted by molar-refractivity contribution is 6.31. The molecule has 0 aromatic heterocycles. The molecule has 4 rings (SSSR count). The summed E-state index contributed by atoms with van der Waals surface area (Å²) in [5, 5.41) is 42.9. The number of fused-ring (bicyclic) bond motifs is 3. The Labute approximate surface area is 194 Å². The van der Waals surface area contributed by atoms with E-state index >= 15 is 0 Å². The van der Waals surface area contributed by atoms with Gasteiger partial charge in [0.05, 0.1) is 16.7 Å². The van der Waals surface area contributed by atoms with Gasteiger partial charge >= 0.3 is 5.97 Å². The van der Waals surface area contributed by atoms with E-state index in [2.05, 4.69) is 0 Å². The van der Waals surface area contributed by atoms with Crippen molar-refractivity contribution in [3.63, 3.8) is 0 Å². The van der Waals surface area contributed by atoms with Gasteiger partial charge < -0.3 is 25.2 Å². The summed E-state index contributed by atoms with van der Waals surface area (Å²) in [5.74, 6) is -4.48. The second-order valence-electron chi connectivity index (χ2n) is 8.66. The third-order valence-corrected chi connectivity index (χ3v) is 6.50. The van der Waals surface area contributed by atoms with E-state index in [9.17, 15) is 39.6 Å². The summed E-state index contributed by atoms with van der Waals surface area (Å²) in [4.78, 5) is 50.6. The van der Waals surface area contributed by atoms with E-state index in [1.807, 2.05) is 6.92 Å². The number of rotatable bonds is 6. The highest BCUT2D eigenvalue weighted by atomic mass is 16.5. The number of hydrogen-bond donors (Lipinski definition) is 4. The van der Waals surface area contributed by atoms with Gasteiger partial charge in [0, 0.05) is 29.5 Å². The lowest BCUT2D eigenvalue weighted by molar-refractivity contribution is -0.155. The summed E-state index contributed by atoms with van der Waals surface area (Å²) in [6.07, 6.45) is 0.872. The molecular weight excluding hydrogens is 444 g/mol. The smallest absolute Gasteiger partial charge is 0.306 e. The molecule has 0 unspecified atom stereocenters. The van der Waals surface area contributed by atoms with Gasteiger partial charge in [-0.25, -0.2) is 0 Å². The number of benzene rings is 2. The summed E-state index contributed by atoms with van der Waals surface area (Å²) in [6, 6.07) is 3.94. The zero-order valence-electron chi connectivity index (χ0n) is 18.5. The zero-order valence-corrected chi connectivity index (χ0v) is 18.5. The van der Waals surface area contributed by atoms with Crippen LogP contribution in [0.25, 0.3) is 0 Å². The van der Waals surface area contributed by atoms with Crippen molar-refractivity contribution in [2.45, 2.75) is 51.0 Å². The number of hydrogen-bond acceptors (Lipinski definition) is 9. The molecule has 0 heterocycles. The van der Waals surface area contributed by atoms with Gasteiger partial charge in [-0.3, -0.25) is 19.2 Å². The summed E-state index contributed by atoms with van der Waals surface area (Å²) >= 11 is 0. The van der Waals surface area contributed by atoms with E-state index in [-0.39, 0.29) is 41.5 Å². The first-order chi connectivity index (χ1) is 16.1. The van der Waals surface area contributed by atoms with Crippen LogP contribution in [-0.4, -0.2) is 56.0 Å². The standard InChI is InChI=1S/C25H24O9/c1-2-3-7-17(28)34-11-16(27)25(33)9-8-12-14(10-25)23(31)19-20(21(12)29)24(32)18-13(22(19)30)5-4-6-15(18)26/h4-6,26,29,31,33H,2-3,7-11H2,1H3/t25-/m1/s1. The number of Topliss-reactive ketones (excluding diaryl/α,β-unsaturated/α-hetero) is 1. The number of phenolic OH excluding ortho intramolecular Hbond substituents is 3. The monoisotopic (exact) mass is 468 g/mol. The SMILES string of the molecule is CCCCC(=O)OCC(=O)[C@@]1(O)CCc2c(O)c3c(c(O)c2C1)C(=O)c1cccc(O)c1C3=O. The first kappa shape index (κ1) is 23.4. The molecule has 0 aliphatic heterocycles. The molecule has 0 bridgehead atoms. The van der Waals surface area contributed by atoms with Crippen LogP contribution in [-0.2, 0) is 27.2 Å². The minimum absolute atomic E-state index is 0.0274. The van der Waals surface area contributed by atoms with E-state index < -0.39 is 70.3 Å². The second-order valence-corrected chi connectivity index (χ2v) is 8.66. The van der Waals surface area contributed by atoms with Crippen molar-refractivity contribution in [3.05, 3.63) is 51.6 Å². The van der Waals surface area contributed by atoms with Crippen LogP contribution in [0.4, 0.5) is 0 Å². The Bertz CT molecular complexity index is 1240. The fourth-order valence-electron chi connectivity index (χ4n) is 4.58.